The van der Waals surface area contributed by atoms with Gasteiger partial charge in [-0.25, -0.2) is 14.4 Å². The van der Waals surface area contributed by atoms with E-state index in [-0.39, 0.29) is 19.8 Å². The Hall–Kier alpha value is -3.81. The van der Waals surface area contributed by atoms with Crippen molar-refractivity contribution in [1.82, 2.24) is 10.2 Å². The standard InChI is InChI=1S/C24H26N2O6/c1-4-31-23(28)20-16(2)26(14-15-32-22(27)18-8-6-5-7-9-18)24(29)25-21(20)17-10-12-19(30-3)13-11-17/h5-13,21H,4,14-15H2,1-3H3,(H,25,29). The number of urea groups is 1. The molecule has 1 unspecified atom stereocenters. The summed E-state index contributed by atoms with van der Waals surface area (Å²) in [7, 11) is 1.56. The third-order valence-corrected chi connectivity index (χ3v) is 5.10. The van der Waals surface area contributed by atoms with E-state index in [9.17, 15) is 14.4 Å². The van der Waals surface area contributed by atoms with E-state index in [1.54, 1.807) is 75.6 Å². The van der Waals surface area contributed by atoms with Crippen molar-refractivity contribution in [1.29, 1.82) is 0 Å². The first-order chi connectivity index (χ1) is 15.5. The summed E-state index contributed by atoms with van der Waals surface area (Å²) in [5, 5.41) is 2.86. The Bertz CT molecular complexity index is 1000. The lowest BCUT2D eigenvalue weighted by atomic mass is 9.95. The minimum absolute atomic E-state index is 0.0260. The van der Waals surface area contributed by atoms with Crippen molar-refractivity contribution >= 4 is 18.0 Å². The molecule has 1 heterocycles. The third-order valence-electron chi connectivity index (χ3n) is 5.10. The second-order valence-electron chi connectivity index (χ2n) is 7.03. The number of allylic oxidation sites excluding steroid dienone is 1. The predicted octanol–water partition coefficient (Wildman–Crippen LogP) is 3.46. The highest BCUT2D eigenvalue weighted by Gasteiger charge is 2.36. The minimum Gasteiger partial charge on any atom is -0.497 e. The highest BCUT2D eigenvalue weighted by Crippen LogP contribution is 2.32. The zero-order chi connectivity index (χ0) is 23.1. The second kappa shape index (κ2) is 10.5. The smallest absolute Gasteiger partial charge is 0.338 e. The first kappa shape index (κ1) is 22.9. The number of nitrogens with one attached hydrogen (secondary N) is 1. The van der Waals surface area contributed by atoms with Crippen molar-refractivity contribution in [2.24, 2.45) is 0 Å². The average Bonchev–Trinajstić information content (AvgIpc) is 2.81. The molecule has 0 saturated heterocycles. The summed E-state index contributed by atoms with van der Waals surface area (Å²) in [6.07, 6.45) is 0. The van der Waals surface area contributed by atoms with Gasteiger partial charge in [-0.1, -0.05) is 30.3 Å². The predicted molar refractivity (Wildman–Crippen MR) is 117 cm³/mol. The summed E-state index contributed by atoms with van der Waals surface area (Å²) in [6.45, 7) is 3.67. The van der Waals surface area contributed by atoms with Crippen molar-refractivity contribution < 1.29 is 28.6 Å². The molecule has 0 radical (unpaired) electrons. The number of ether oxygens (including phenoxy) is 3. The molecular weight excluding hydrogens is 412 g/mol. The van der Waals surface area contributed by atoms with Gasteiger partial charge in [-0.05, 0) is 43.7 Å². The van der Waals surface area contributed by atoms with Gasteiger partial charge in [0.2, 0.25) is 0 Å². The van der Waals surface area contributed by atoms with E-state index in [1.165, 1.54) is 4.90 Å². The summed E-state index contributed by atoms with van der Waals surface area (Å²) in [6, 6.07) is 14.6. The first-order valence-corrected chi connectivity index (χ1v) is 10.3. The Kier molecular flexibility index (Phi) is 7.49. The highest BCUT2D eigenvalue weighted by molar-refractivity contribution is 5.95. The van der Waals surface area contributed by atoms with Gasteiger partial charge < -0.3 is 19.5 Å². The Morgan fingerprint density at radius 2 is 1.69 bits per heavy atom. The summed E-state index contributed by atoms with van der Waals surface area (Å²) < 4.78 is 15.7. The number of hydrogen-bond acceptors (Lipinski definition) is 6. The molecule has 0 aromatic heterocycles. The first-order valence-electron chi connectivity index (χ1n) is 10.3. The van der Waals surface area contributed by atoms with Gasteiger partial charge in [-0.3, -0.25) is 4.90 Å². The van der Waals surface area contributed by atoms with E-state index in [1.807, 2.05) is 0 Å². The maximum absolute atomic E-state index is 12.8. The maximum Gasteiger partial charge on any atom is 0.338 e. The van der Waals surface area contributed by atoms with Gasteiger partial charge in [0, 0.05) is 5.70 Å². The van der Waals surface area contributed by atoms with E-state index < -0.39 is 24.0 Å². The van der Waals surface area contributed by atoms with E-state index >= 15 is 0 Å². The van der Waals surface area contributed by atoms with E-state index in [2.05, 4.69) is 5.32 Å². The van der Waals surface area contributed by atoms with Crippen LogP contribution >= 0.6 is 0 Å². The van der Waals surface area contributed by atoms with Crippen LogP contribution in [0.4, 0.5) is 4.79 Å². The molecule has 8 nitrogen and oxygen atoms in total. The average molecular weight is 438 g/mol. The summed E-state index contributed by atoms with van der Waals surface area (Å²) in [5.41, 5.74) is 1.92. The molecule has 2 aromatic rings. The fourth-order valence-electron chi connectivity index (χ4n) is 3.46. The van der Waals surface area contributed by atoms with Crippen molar-refractivity contribution in [2.75, 3.05) is 26.9 Å². The van der Waals surface area contributed by atoms with Crippen molar-refractivity contribution in [3.8, 4) is 5.75 Å². The van der Waals surface area contributed by atoms with E-state index in [4.69, 9.17) is 14.2 Å². The van der Waals surface area contributed by atoms with Gasteiger partial charge >= 0.3 is 18.0 Å². The number of rotatable bonds is 8. The molecule has 0 saturated carbocycles. The Labute approximate surface area is 186 Å². The number of nitrogens with zero attached hydrogens (tertiary/aromatic N) is 1. The molecule has 2 amide bonds. The Balaban J connectivity index is 1.80. The number of carbonyl (C=O) groups excluding carboxylic acids is 3. The van der Waals surface area contributed by atoms with Crippen LogP contribution in [-0.2, 0) is 14.3 Å². The third kappa shape index (κ3) is 5.08. The molecule has 1 atom stereocenters. The minimum atomic E-state index is -0.671. The lowest BCUT2D eigenvalue weighted by Crippen LogP contribution is -2.49. The van der Waals surface area contributed by atoms with Crippen LogP contribution in [0.3, 0.4) is 0 Å². The molecule has 0 aliphatic carbocycles. The molecule has 168 valence electrons. The van der Waals surface area contributed by atoms with Crippen LogP contribution in [0.2, 0.25) is 0 Å². The van der Waals surface area contributed by atoms with Gasteiger partial charge in [0.25, 0.3) is 0 Å². The second-order valence-corrected chi connectivity index (χ2v) is 7.03. The van der Waals surface area contributed by atoms with Gasteiger partial charge in [0.05, 0.1) is 37.4 Å². The van der Waals surface area contributed by atoms with Crippen molar-refractivity contribution in [2.45, 2.75) is 19.9 Å². The monoisotopic (exact) mass is 438 g/mol. The molecule has 1 N–H and O–H groups in total. The fourth-order valence-corrected chi connectivity index (χ4v) is 3.46. The summed E-state index contributed by atoms with van der Waals surface area (Å²) in [4.78, 5) is 39.2. The number of methoxy groups -OCH3 is 1. The van der Waals surface area contributed by atoms with Gasteiger partial charge in [-0.2, -0.15) is 0 Å². The van der Waals surface area contributed by atoms with Crippen LogP contribution in [-0.4, -0.2) is 49.7 Å². The SMILES string of the molecule is CCOC(=O)C1=C(C)N(CCOC(=O)c2ccccc2)C(=O)NC1c1ccc(OC)cc1. The normalized spacial score (nSPS) is 15.8. The largest absolute Gasteiger partial charge is 0.497 e. The quantitative estimate of drug-likeness (QED) is 0.635. The molecule has 32 heavy (non-hydrogen) atoms. The van der Waals surface area contributed by atoms with Crippen LogP contribution in [0.25, 0.3) is 0 Å². The molecule has 0 bridgehead atoms. The van der Waals surface area contributed by atoms with Gasteiger partial charge in [-0.15, -0.1) is 0 Å². The van der Waals surface area contributed by atoms with E-state index in [0.29, 0.717) is 22.6 Å². The zero-order valence-electron chi connectivity index (χ0n) is 18.3. The van der Waals surface area contributed by atoms with Crippen LogP contribution < -0.4 is 10.1 Å². The van der Waals surface area contributed by atoms with Crippen LogP contribution in [0.15, 0.2) is 65.9 Å². The Morgan fingerprint density at radius 1 is 1.00 bits per heavy atom. The number of esters is 2. The number of hydrogen-bond donors (Lipinski definition) is 1. The van der Waals surface area contributed by atoms with E-state index in [0.717, 1.165) is 5.56 Å². The number of benzene rings is 2. The molecule has 0 fully saturated rings. The molecule has 1 aliphatic heterocycles. The molecular formula is C24H26N2O6. The molecule has 1 aliphatic rings. The lowest BCUT2D eigenvalue weighted by Gasteiger charge is -2.35. The number of amides is 2. The fraction of sp³-hybridized carbons (Fsp3) is 0.292. The van der Waals surface area contributed by atoms with Crippen LogP contribution in [0.5, 0.6) is 5.75 Å². The molecule has 3 rings (SSSR count). The number of carbonyl (C=O) groups is 3. The molecule has 0 spiro atoms. The highest BCUT2D eigenvalue weighted by atomic mass is 16.5. The topological polar surface area (TPSA) is 94.2 Å². The summed E-state index contributed by atoms with van der Waals surface area (Å²) in [5.74, 6) is -0.334. The molecule has 2 aromatic carbocycles. The Morgan fingerprint density at radius 3 is 2.31 bits per heavy atom. The lowest BCUT2D eigenvalue weighted by molar-refractivity contribution is -0.139. The maximum atomic E-state index is 12.8. The van der Waals surface area contributed by atoms with Gasteiger partial charge in [0.15, 0.2) is 0 Å². The summed E-state index contributed by atoms with van der Waals surface area (Å²) >= 11 is 0. The van der Waals surface area contributed by atoms with Crippen molar-refractivity contribution in [3.63, 3.8) is 0 Å². The van der Waals surface area contributed by atoms with Crippen LogP contribution in [0, 0.1) is 0 Å². The molecule has 8 heteroatoms. The van der Waals surface area contributed by atoms with Crippen LogP contribution in [0.1, 0.15) is 35.8 Å². The van der Waals surface area contributed by atoms with Crippen molar-refractivity contribution in [3.05, 3.63) is 77.0 Å². The van der Waals surface area contributed by atoms with Gasteiger partial charge in [0.1, 0.15) is 12.4 Å². The zero-order valence-corrected chi connectivity index (χ0v) is 18.3.